The Kier molecular flexibility index (Phi) is 4.50. The van der Waals surface area contributed by atoms with Crippen LogP contribution >= 0.6 is 0 Å². The Hall–Kier alpha value is -3.34. The minimum absolute atomic E-state index is 0.215. The van der Waals surface area contributed by atoms with Gasteiger partial charge in [0.1, 0.15) is 23.5 Å². The number of anilines is 1. The molecule has 2 heterocycles. The number of nitrogens with zero attached hydrogens (tertiary/aromatic N) is 3. The van der Waals surface area contributed by atoms with Crippen molar-refractivity contribution in [3.8, 4) is 16.9 Å². The predicted molar refractivity (Wildman–Crippen MR) is 109 cm³/mol. The lowest BCUT2D eigenvalue weighted by Crippen LogP contribution is -2.08. The van der Waals surface area contributed by atoms with Crippen LogP contribution in [0.5, 0.6) is 5.75 Å². The number of nitrogen functional groups attached to an aromatic ring is 1. The zero-order valence-electron chi connectivity index (χ0n) is 15.5. The van der Waals surface area contributed by atoms with E-state index < -0.39 is 0 Å². The van der Waals surface area contributed by atoms with Crippen LogP contribution in [0, 0.1) is 0 Å². The Morgan fingerprint density at radius 3 is 2.48 bits per heavy atom. The second kappa shape index (κ2) is 7.11. The summed E-state index contributed by atoms with van der Waals surface area (Å²) in [6, 6.07) is 18.6. The largest absolute Gasteiger partial charge is 0.497 e. The van der Waals surface area contributed by atoms with Crippen LogP contribution in [0.2, 0.25) is 0 Å². The smallest absolute Gasteiger partial charge is 0.146 e. The highest BCUT2D eigenvalue weighted by Crippen LogP contribution is 2.34. The van der Waals surface area contributed by atoms with Gasteiger partial charge in [-0.15, -0.1) is 0 Å². The molecular weight excluding hydrogens is 336 g/mol. The highest BCUT2D eigenvalue weighted by atomic mass is 16.5. The highest BCUT2D eigenvalue weighted by molar-refractivity contribution is 6.00. The lowest BCUT2D eigenvalue weighted by molar-refractivity contribution is 0.414. The van der Waals surface area contributed by atoms with E-state index in [0.29, 0.717) is 5.82 Å². The minimum Gasteiger partial charge on any atom is -0.497 e. The fraction of sp³-hybridized carbons (Fsp3) is 0.182. The van der Waals surface area contributed by atoms with E-state index in [-0.39, 0.29) is 6.04 Å². The molecule has 0 aliphatic carbocycles. The second-order valence-electron chi connectivity index (χ2n) is 6.67. The summed E-state index contributed by atoms with van der Waals surface area (Å²) in [7, 11) is 1.68. The van der Waals surface area contributed by atoms with Crippen LogP contribution in [0.3, 0.4) is 0 Å². The molecule has 2 aromatic carbocycles. The summed E-state index contributed by atoms with van der Waals surface area (Å²) >= 11 is 0. The third-order valence-corrected chi connectivity index (χ3v) is 4.89. The zero-order valence-corrected chi connectivity index (χ0v) is 15.5. The SMILES string of the molecule is COc1ccc(CC(C)n2cc(-c3ccccc3)c3c(N)ncnc32)cc1. The molecule has 2 N–H and O–H groups in total. The molecule has 0 saturated heterocycles. The monoisotopic (exact) mass is 358 g/mol. The van der Waals surface area contributed by atoms with Gasteiger partial charge in [-0.3, -0.25) is 0 Å². The number of fused-ring (bicyclic) bond motifs is 1. The van der Waals surface area contributed by atoms with Crippen LogP contribution in [0.1, 0.15) is 18.5 Å². The fourth-order valence-corrected chi connectivity index (χ4v) is 3.48. The fourth-order valence-electron chi connectivity index (χ4n) is 3.48. The molecule has 0 radical (unpaired) electrons. The van der Waals surface area contributed by atoms with Gasteiger partial charge < -0.3 is 15.0 Å². The molecule has 0 amide bonds. The Morgan fingerprint density at radius 2 is 1.78 bits per heavy atom. The lowest BCUT2D eigenvalue weighted by atomic mass is 10.1. The van der Waals surface area contributed by atoms with Crippen LogP contribution in [-0.2, 0) is 6.42 Å². The van der Waals surface area contributed by atoms with Gasteiger partial charge in [0, 0.05) is 17.8 Å². The number of benzene rings is 2. The summed E-state index contributed by atoms with van der Waals surface area (Å²) in [5.74, 6) is 1.37. The van der Waals surface area contributed by atoms with Gasteiger partial charge in [0.2, 0.25) is 0 Å². The van der Waals surface area contributed by atoms with Crippen LogP contribution in [0.15, 0.2) is 67.1 Å². The first kappa shape index (κ1) is 17.1. The quantitative estimate of drug-likeness (QED) is 0.571. The summed E-state index contributed by atoms with van der Waals surface area (Å²) in [4.78, 5) is 8.74. The van der Waals surface area contributed by atoms with Crippen molar-refractivity contribution in [3.05, 3.63) is 72.7 Å². The Labute approximate surface area is 158 Å². The molecule has 0 spiro atoms. The number of hydrogen-bond donors (Lipinski definition) is 1. The highest BCUT2D eigenvalue weighted by Gasteiger charge is 2.18. The molecule has 2 aromatic heterocycles. The maximum absolute atomic E-state index is 6.21. The topological polar surface area (TPSA) is 66.0 Å². The van der Waals surface area contributed by atoms with Crippen molar-refractivity contribution in [2.75, 3.05) is 12.8 Å². The van der Waals surface area contributed by atoms with E-state index in [2.05, 4.69) is 51.9 Å². The molecule has 136 valence electrons. The molecule has 4 aromatic rings. The first-order valence-electron chi connectivity index (χ1n) is 8.96. The van der Waals surface area contributed by atoms with Crippen LogP contribution < -0.4 is 10.5 Å². The van der Waals surface area contributed by atoms with E-state index in [1.807, 2.05) is 30.3 Å². The number of methoxy groups -OCH3 is 1. The first-order valence-corrected chi connectivity index (χ1v) is 8.96. The van der Waals surface area contributed by atoms with Gasteiger partial charge in [-0.2, -0.15) is 0 Å². The molecule has 1 atom stereocenters. The number of hydrogen-bond acceptors (Lipinski definition) is 4. The number of aromatic nitrogens is 3. The molecule has 5 nitrogen and oxygen atoms in total. The van der Waals surface area contributed by atoms with Crippen molar-refractivity contribution in [1.82, 2.24) is 14.5 Å². The standard InChI is InChI=1S/C22H22N4O/c1-15(12-16-8-10-18(27-2)11-9-16)26-13-19(17-6-4-3-5-7-17)20-21(23)24-14-25-22(20)26/h3-11,13-15H,12H2,1-2H3,(H2,23,24,25). The van der Waals surface area contributed by atoms with Crippen LogP contribution in [0.4, 0.5) is 5.82 Å². The molecule has 0 bridgehead atoms. The molecule has 0 saturated carbocycles. The van der Waals surface area contributed by atoms with E-state index in [1.54, 1.807) is 7.11 Å². The average Bonchev–Trinajstić information content (AvgIpc) is 3.10. The van der Waals surface area contributed by atoms with Crippen molar-refractivity contribution in [2.45, 2.75) is 19.4 Å². The Morgan fingerprint density at radius 1 is 1.04 bits per heavy atom. The van der Waals surface area contributed by atoms with Crippen molar-refractivity contribution in [2.24, 2.45) is 0 Å². The molecule has 1 unspecified atom stereocenters. The normalized spacial score (nSPS) is 12.2. The van der Waals surface area contributed by atoms with Gasteiger partial charge in [0.05, 0.1) is 12.5 Å². The summed E-state index contributed by atoms with van der Waals surface area (Å²) in [6.07, 6.45) is 4.55. The predicted octanol–water partition coefficient (Wildman–Crippen LogP) is 4.49. The molecule has 0 aliphatic rings. The summed E-state index contributed by atoms with van der Waals surface area (Å²) in [5, 5.41) is 0.908. The van der Waals surface area contributed by atoms with Gasteiger partial charge in [-0.05, 0) is 36.6 Å². The maximum Gasteiger partial charge on any atom is 0.146 e. The van der Waals surface area contributed by atoms with Crippen molar-refractivity contribution >= 4 is 16.9 Å². The minimum atomic E-state index is 0.215. The van der Waals surface area contributed by atoms with Crippen molar-refractivity contribution in [1.29, 1.82) is 0 Å². The zero-order chi connectivity index (χ0) is 18.8. The Balaban J connectivity index is 1.76. The molecule has 5 heteroatoms. The average molecular weight is 358 g/mol. The molecular formula is C22H22N4O. The molecule has 4 rings (SSSR count). The van der Waals surface area contributed by atoms with Crippen molar-refractivity contribution in [3.63, 3.8) is 0 Å². The van der Waals surface area contributed by atoms with E-state index >= 15 is 0 Å². The number of rotatable bonds is 5. The molecule has 0 fully saturated rings. The van der Waals surface area contributed by atoms with Gasteiger partial charge >= 0.3 is 0 Å². The third-order valence-electron chi connectivity index (χ3n) is 4.89. The van der Waals surface area contributed by atoms with Gasteiger partial charge in [-0.25, -0.2) is 9.97 Å². The summed E-state index contributed by atoms with van der Waals surface area (Å²) in [6.45, 7) is 2.19. The second-order valence-corrected chi connectivity index (χ2v) is 6.67. The van der Waals surface area contributed by atoms with E-state index in [1.165, 1.54) is 11.9 Å². The van der Waals surface area contributed by atoms with Gasteiger partial charge in [0.25, 0.3) is 0 Å². The summed E-state index contributed by atoms with van der Waals surface area (Å²) in [5.41, 5.74) is 10.5. The van der Waals surface area contributed by atoms with Gasteiger partial charge in [0.15, 0.2) is 0 Å². The lowest BCUT2D eigenvalue weighted by Gasteiger charge is -2.15. The van der Waals surface area contributed by atoms with Crippen LogP contribution in [0.25, 0.3) is 22.2 Å². The molecule has 27 heavy (non-hydrogen) atoms. The maximum atomic E-state index is 6.21. The van der Waals surface area contributed by atoms with Crippen molar-refractivity contribution < 1.29 is 4.74 Å². The summed E-state index contributed by atoms with van der Waals surface area (Å²) < 4.78 is 7.44. The van der Waals surface area contributed by atoms with E-state index in [9.17, 15) is 0 Å². The van der Waals surface area contributed by atoms with Crippen LogP contribution in [-0.4, -0.2) is 21.6 Å². The van der Waals surface area contributed by atoms with E-state index in [0.717, 1.165) is 34.3 Å². The Bertz CT molecular complexity index is 1060. The third kappa shape index (κ3) is 3.24. The number of nitrogens with two attached hydrogens (primary N) is 1. The first-order chi connectivity index (χ1) is 13.2. The van der Waals surface area contributed by atoms with Gasteiger partial charge in [-0.1, -0.05) is 42.5 Å². The number of ether oxygens (including phenoxy) is 1. The molecule has 0 aliphatic heterocycles. The van der Waals surface area contributed by atoms with E-state index in [4.69, 9.17) is 10.5 Å².